The zero-order valence-electron chi connectivity index (χ0n) is 15.6. The molecule has 3 aromatic carbocycles. The number of anilines is 2. The first kappa shape index (κ1) is 19.1. The lowest BCUT2D eigenvalue weighted by Gasteiger charge is -2.31. The van der Waals surface area contributed by atoms with Gasteiger partial charge in [-0.2, -0.15) is 0 Å². The van der Waals surface area contributed by atoms with Crippen LogP contribution in [0.5, 0.6) is 0 Å². The Labute approximate surface area is 174 Å². The van der Waals surface area contributed by atoms with Gasteiger partial charge in [0.2, 0.25) is 0 Å². The molecule has 0 unspecified atom stereocenters. The predicted molar refractivity (Wildman–Crippen MR) is 116 cm³/mol. The molecule has 0 fully saturated rings. The number of benzene rings is 3. The number of quaternary nitrogens is 1. The van der Waals surface area contributed by atoms with Crippen molar-refractivity contribution in [3.8, 4) is 0 Å². The number of para-hydroxylation sites is 1. The second-order valence-electron chi connectivity index (χ2n) is 7.02. The van der Waals surface area contributed by atoms with Crippen molar-refractivity contribution in [2.24, 2.45) is 0 Å². The average molecular weight is 410 g/mol. The van der Waals surface area contributed by atoms with Crippen molar-refractivity contribution < 1.29 is 10.1 Å². The van der Waals surface area contributed by atoms with Crippen LogP contribution in [0, 0.1) is 0 Å². The zero-order valence-corrected chi connectivity index (χ0v) is 17.2. The van der Waals surface area contributed by atoms with E-state index in [0.29, 0.717) is 17.6 Å². The maximum atomic E-state index is 13.2. The molecule has 0 saturated heterocycles. The van der Waals surface area contributed by atoms with Gasteiger partial charge in [0.05, 0.1) is 17.4 Å². The highest BCUT2D eigenvalue weighted by Crippen LogP contribution is 2.48. The number of amides is 1. The number of nitrogens with two attached hydrogens (primary N) is 1. The minimum absolute atomic E-state index is 0.0659. The summed E-state index contributed by atoms with van der Waals surface area (Å²) in [6.07, 6.45) is 0.934. The van der Waals surface area contributed by atoms with E-state index >= 15 is 0 Å². The van der Waals surface area contributed by atoms with E-state index in [1.54, 1.807) is 11.8 Å². The number of fused-ring (bicyclic) bond motifs is 2. The molecule has 3 aromatic rings. The standard InChI is InChI=1S/C23H21ClN2OS/c1-16(13-17-7-3-2-4-8-17)25-15-23(27)26-19-9-5-6-10-21(19)28-22-12-11-18(24)14-20(22)26/h2-12,14,16,25H,13,15H2,1H3/p+1/t16-/m1/s1. The third-order valence-electron chi connectivity index (χ3n) is 4.83. The predicted octanol–water partition coefficient (Wildman–Crippen LogP) is 4.66. The van der Waals surface area contributed by atoms with Gasteiger partial charge in [0.1, 0.15) is 0 Å². The minimum Gasteiger partial charge on any atom is -0.336 e. The zero-order chi connectivity index (χ0) is 19.5. The molecule has 28 heavy (non-hydrogen) atoms. The Morgan fingerprint density at radius 1 is 1.00 bits per heavy atom. The fraction of sp³-hybridized carbons (Fsp3) is 0.174. The summed E-state index contributed by atoms with van der Waals surface area (Å²) in [7, 11) is 0. The SMILES string of the molecule is C[C@H](Cc1ccccc1)[NH2+]CC(=O)N1c2ccccc2Sc2ccc(Cl)cc21. The van der Waals surface area contributed by atoms with Crippen LogP contribution in [-0.4, -0.2) is 18.5 Å². The number of halogens is 1. The lowest BCUT2D eigenvalue weighted by Crippen LogP contribution is -2.91. The summed E-state index contributed by atoms with van der Waals surface area (Å²) in [5.74, 6) is 0.0659. The number of hydrogen-bond acceptors (Lipinski definition) is 2. The molecule has 0 spiro atoms. The van der Waals surface area contributed by atoms with Crippen LogP contribution in [0.1, 0.15) is 12.5 Å². The molecule has 3 nitrogen and oxygen atoms in total. The van der Waals surface area contributed by atoms with Crippen molar-refractivity contribution in [1.82, 2.24) is 0 Å². The Bertz CT molecular complexity index is 993. The molecule has 0 radical (unpaired) electrons. The van der Waals surface area contributed by atoms with Gasteiger partial charge in [-0.25, -0.2) is 0 Å². The van der Waals surface area contributed by atoms with Gasteiger partial charge < -0.3 is 5.32 Å². The van der Waals surface area contributed by atoms with Gasteiger partial charge in [-0.3, -0.25) is 9.69 Å². The molecule has 0 aromatic heterocycles. The maximum absolute atomic E-state index is 13.2. The van der Waals surface area contributed by atoms with Crippen molar-refractivity contribution in [3.63, 3.8) is 0 Å². The summed E-state index contributed by atoms with van der Waals surface area (Å²) < 4.78 is 0. The Balaban J connectivity index is 1.53. The van der Waals surface area contributed by atoms with Gasteiger partial charge >= 0.3 is 0 Å². The van der Waals surface area contributed by atoms with E-state index in [1.165, 1.54) is 5.56 Å². The molecule has 1 aliphatic rings. The second kappa shape index (κ2) is 8.39. The molecule has 0 saturated carbocycles. The highest BCUT2D eigenvalue weighted by atomic mass is 35.5. The maximum Gasteiger partial charge on any atom is 0.286 e. The minimum atomic E-state index is 0.0659. The number of carbonyl (C=O) groups excluding carboxylic acids is 1. The molecule has 4 rings (SSSR count). The highest BCUT2D eigenvalue weighted by Gasteiger charge is 2.29. The van der Waals surface area contributed by atoms with Crippen LogP contribution in [-0.2, 0) is 11.2 Å². The van der Waals surface area contributed by atoms with Gasteiger partial charge in [0.15, 0.2) is 6.54 Å². The topological polar surface area (TPSA) is 36.9 Å². The Morgan fingerprint density at radius 2 is 1.71 bits per heavy atom. The van der Waals surface area contributed by atoms with E-state index in [4.69, 9.17) is 11.6 Å². The van der Waals surface area contributed by atoms with E-state index in [9.17, 15) is 4.79 Å². The van der Waals surface area contributed by atoms with E-state index < -0.39 is 0 Å². The quantitative estimate of drug-likeness (QED) is 0.665. The smallest absolute Gasteiger partial charge is 0.286 e. The Kier molecular flexibility index (Phi) is 5.72. The summed E-state index contributed by atoms with van der Waals surface area (Å²) >= 11 is 7.91. The molecular weight excluding hydrogens is 388 g/mol. The molecule has 0 aliphatic carbocycles. The van der Waals surface area contributed by atoms with Gasteiger partial charge in [-0.05, 0) is 42.8 Å². The first-order valence-corrected chi connectivity index (χ1v) is 10.6. The lowest BCUT2D eigenvalue weighted by molar-refractivity contribution is -0.675. The van der Waals surface area contributed by atoms with Gasteiger partial charge in [-0.1, -0.05) is 65.8 Å². The molecule has 2 N–H and O–H groups in total. The summed E-state index contributed by atoms with van der Waals surface area (Å²) in [5.41, 5.74) is 3.08. The molecule has 1 atom stereocenters. The van der Waals surface area contributed by atoms with Crippen molar-refractivity contribution in [2.75, 3.05) is 11.4 Å². The molecular formula is C23H22ClN2OS+. The Hall–Kier alpha value is -2.27. The number of carbonyl (C=O) groups is 1. The highest BCUT2D eigenvalue weighted by molar-refractivity contribution is 7.99. The fourth-order valence-corrected chi connectivity index (χ4v) is 4.66. The molecule has 1 aliphatic heterocycles. The largest absolute Gasteiger partial charge is 0.336 e. The van der Waals surface area contributed by atoms with Crippen LogP contribution in [0.25, 0.3) is 0 Å². The van der Waals surface area contributed by atoms with Crippen LogP contribution in [0.3, 0.4) is 0 Å². The van der Waals surface area contributed by atoms with Crippen LogP contribution >= 0.6 is 23.4 Å². The average Bonchev–Trinajstić information content (AvgIpc) is 2.71. The van der Waals surface area contributed by atoms with E-state index in [-0.39, 0.29) is 5.91 Å². The van der Waals surface area contributed by atoms with Crippen LogP contribution in [0.2, 0.25) is 5.02 Å². The third-order valence-corrected chi connectivity index (χ3v) is 6.20. The molecule has 1 heterocycles. The lowest BCUT2D eigenvalue weighted by atomic mass is 10.1. The van der Waals surface area contributed by atoms with Crippen molar-refractivity contribution in [3.05, 3.63) is 83.4 Å². The molecule has 142 valence electrons. The third kappa shape index (κ3) is 4.09. The van der Waals surface area contributed by atoms with Crippen molar-refractivity contribution >= 4 is 40.6 Å². The van der Waals surface area contributed by atoms with E-state index in [2.05, 4.69) is 42.6 Å². The second-order valence-corrected chi connectivity index (χ2v) is 8.54. The number of nitrogens with zero attached hydrogens (tertiary/aromatic N) is 1. The summed E-state index contributed by atoms with van der Waals surface area (Å²) in [6, 6.07) is 24.5. The van der Waals surface area contributed by atoms with E-state index in [0.717, 1.165) is 27.6 Å². The number of hydrogen-bond donors (Lipinski definition) is 1. The van der Waals surface area contributed by atoms with E-state index in [1.807, 2.05) is 47.4 Å². The first-order chi connectivity index (χ1) is 13.6. The van der Waals surface area contributed by atoms with Crippen molar-refractivity contribution in [1.29, 1.82) is 0 Å². The Morgan fingerprint density at radius 3 is 2.54 bits per heavy atom. The van der Waals surface area contributed by atoms with Crippen molar-refractivity contribution in [2.45, 2.75) is 29.2 Å². The van der Waals surface area contributed by atoms with Crippen LogP contribution < -0.4 is 10.2 Å². The first-order valence-electron chi connectivity index (χ1n) is 9.38. The van der Waals surface area contributed by atoms with Gasteiger partial charge in [0, 0.05) is 21.2 Å². The number of rotatable bonds is 5. The van der Waals surface area contributed by atoms with Crippen LogP contribution in [0.15, 0.2) is 82.6 Å². The molecule has 5 heteroatoms. The molecule has 1 amide bonds. The molecule has 0 bridgehead atoms. The fourth-order valence-electron chi connectivity index (χ4n) is 3.46. The van der Waals surface area contributed by atoms with Gasteiger partial charge in [0.25, 0.3) is 5.91 Å². The summed E-state index contributed by atoms with van der Waals surface area (Å²) in [4.78, 5) is 17.2. The summed E-state index contributed by atoms with van der Waals surface area (Å²) in [6.45, 7) is 2.55. The normalized spacial score (nSPS) is 13.6. The summed E-state index contributed by atoms with van der Waals surface area (Å²) in [5, 5.41) is 2.75. The monoisotopic (exact) mass is 409 g/mol. The van der Waals surface area contributed by atoms with Crippen LogP contribution in [0.4, 0.5) is 11.4 Å². The van der Waals surface area contributed by atoms with Gasteiger partial charge in [-0.15, -0.1) is 0 Å².